The summed E-state index contributed by atoms with van der Waals surface area (Å²) in [6.45, 7) is 4.80. The van der Waals surface area contributed by atoms with Crippen molar-refractivity contribution < 1.29 is 9.18 Å². The number of carbonyl (C=O) groups is 1. The lowest BCUT2D eigenvalue weighted by molar-refractivity contribution is 0.104. The van der Waals surface area contributed by atoms with Gasteiger partial charge in [-0.1, -0.05) is 0 Å². The van der Waals surface area contributed by atoms with Crippen molar-refractivity contribution in [2.45, 2.75) is 6.42 Å². The largest absolute Gasteiger partial charge is 0.354 e. The highest BCUT2D eigenvalue weighted by atomic mass is 19.1. The molecule has 0 unspecified atom stereocenters. The van der Waals surface area contributed by atoms with Crippen molar-refractivity contribution in [3.63, 3.8) is 0 Å². The molecule has 14 heavy (non-hydrogen) atoms. The summed E-state index contributed by atoms with van der Waals surface area (Å²) >= 11 is 0. The van der Waals surface area contributed by atoms with Gasteiger partial charge in [0.25, 0.3) is 0 Å². The van der Waals surface area contributed by atoms with Crippen molar-refractivity contribution in [1.29, 1.82) is 0 Å². The predicted molar refractivity (Wildman–Crippen MR) is 50.7 cm³/mol. The van der Waals surface area contributed by atoms with E-state index in [1.807, 2.05) is 4.90 Å². The van der Waals surface area contributed by atoms with Gasteiger partial charge in [-0.2, -0.15) is 0 Å². The van der Waals surface area contributed by atoms with Gasteiger partial charge in [0.2, 0.25) is 0 Å². The minimum atomic E-state index is -0.549. The molecule has 2 heterocycles. The van der Waals surface area contributed by atoms with Crippen molar-refractivity contribution >= 4 is 11.6 Å². The van der Waals surface area contributed by atoms with Crippen LogP contribution in [0, 0.1) is 12.7 Å². The van der Waals surface area contributed by atoms with E-state index >= 15 is 0 Å². The Morgan fingerprint density at radius 1 is 1.57 bits per heavy atom. The first-order valence-corrected chi connectivity index (χ1v) is 4.46. The molecular weight excluding hydrogens is 183 g/mol. The molecule has 1 aliphatic rings. The lowest BCUT2D eigenvalue weighted by Crippen LogP contribution is -2.38. The maximum absolute atomic E-state index is 13.6. The minimum absolute atomic E-state index is 0.0156. The molecule has 0 N–H and O–H groups in total. The van der Waals surface area contributed by atoms with Crippen LogP contribution < -0.4 is 4.90 Å². The van der Waals surface area contributed by atoms with E-state index in [4.69, 9.17) is 0 Å². The van der Waals surface area contributed by atoms with Crippen molar-refractivity contribution in [1.82, 2.24) is 4.98 Å². The zero-order valence-electron chi connectivity index (χ0n) is 7.66. The van der Waals surface area contributed by atoms with E-state index < -0.39 is 11.6 Å². The van der Waals surface area contributed by atoms with Crippen LogP contribution in [0.5, 0.6) is 0 Å². The normalized spacial score (nSPS) is 15.1. The van der Waals surface area contributed by atoms with Crippen LogP contribution in [0.3, 0.4) is 0 Å². The van der Waals surface area contributed by atoms with Crippen molar-refractivity contribution in [3.8, 4) is 0 Å². The van der Waals surface area contributed by atoms with E-state index in [1.54, 1.807) is 0 Å². The van der Waals surface area contributed by atoms with Gasteiger partial charge in [0.05, 0.1) is 5.56 Å². The fraction of sp³-hybridized carbons (Fsp3) is 0.300. The monoisotopic (exact) mass is 193 g/mol. The second-order valence-electron chi connectivity index (χ2n) is 3.26. The molecule has 0 amide bonds. The third kappa shape index (κ3) is 1.36. The maximum atomic E-state index is 13.6. The quantitative estimate of drug-likeness (QED) is 0.666. The highest BCUT2D eigenvalue weighted by molar-refractivity contribution is 6.00. The van der Waals surface area contributed by atoms with Gasteiger partial charge in [-0.3, -0.25) is 4.79 Å². The summed E-state index contributed by atoms with van der Waals surface area (Å²) in [5, 5.41) is 0. The van der Waals surface area contributed by atoms with Gasteiger partial charge in [-0.15, -0.1) is 0 Å². The van der Waals surface area contributed by atoms with Crippen molar-refractivity contribution in [2.75, 3.05) is 18.0 Å². The molecular formula is C10H10FN2O. The summed E-state index contributed by atoms with van der Waals surface area (Å²) in [6.07, 6.45) is 2.48. The number of aromatic nitrogens is 1. The summed E-state index contributed by atoms with van der Waals surface area (Å²) in [5.74, 6) is -0.787. The molecule has 1 aliphatic heterocycles. The first-order valence-electron chi connectivity index (χ1n) is 4.46. The third-order valence-electron chi connectivity index (χ3n) is 2.33. The Morgan fingerprint density at radius 3 is 2.79 bits per heavy atom. The Bertz CT molecular complexity index is 374. The van der Waals surface area contributed by atoms with Crippen LogP contribution in [0.15, 0.2) is 12.3 Å². The van der Waals surface area contributed by atoms with Crippen LogP contribution >= 0.6 is 0 Å². The molecule has 0 bridgehead atoms. The number of ketones is 1. The number of hydrogen-bond acceptors (Lipinski definition) is 3. The molecule has 0 aliphatic carbocycles. The number of rotatable bonds is 2. The second kappa shape index (κ2) is 3.36. The summed E-state index contributed by atoms with van der Waals surface area (Å²) in [6, 6.07) is 1.36. The Labute approximate surface area is 81.6 Å². The Morgan fingerprint density at radius 2 is 2.29 bits per heavy atom. The molecule has 3 nitrogen and oxygen atoms in total. The number of carbonyl (C=O) groups excluding carboxylic acids is 1. The number of pyridine rings is 1. The Balaban J connectivity index is 2.40. The van der Waals surface area contributed by atoms with E-state index in [2.05, 4.69) is 11.9 Å². The van der Waals surface area contributed by atoms with Crippen LogP contribution in [0.1, 0.15) is 16.8 Å². The SMILES string of the molecule is [CH2]C(=O)c1ccnc(N2CCC2)c1F. The average Bonchev–Trinajstić information content (AvgIpc) is 2.04. The number of anilines is 1. The van der Waals surface area contributed by atoms with Gasteiger partial charge in [-0.05, 0) is 12.5 Å². The van der Waals surface area contributed by atoms with Gasteiger partial charge in [0.15, 0.2) is 17.4 Å². The molecule has 0 aromatic carbocycles. The fourth-order valence-electron chi connectivity index (χ4n) is 1.40. The summed E-state index contributed by atoms with van der Waals surface area (Å²) in [4.78, 5) is 16.7. The maximum Gasteiger partial charge on any atom is 0.176 e. The highest BCUT2D eigenvalue weighted by Gasteiger charge is 2.22. The van der Waals surface area contributed by atoms with Crippen LogP contribution in [-0.4, -0.2) is 23.9 Å². The number of halogens is 1. The number of hydrogen-bond donors (Lipinski definition) is 0. The molecule has 0 saturated carbocycles. The highest BCUT2D eigenvalue weighted by Crippen LogP contribution is 2.23. The fourth-order valence-corrected chi connectivity index (χ4v) is 1.40. The zero-order chi connectivity index (χ0) is 10.1. The van der Waals surface area contributed by atoms with E-state index in [1.165, 1.54) is 12.3 Å². The van der Waals surface area contributed by atoms with E-state index in [9.17, 15) is 9.18 Å². The number of Topliss-reactive ketones (excluding diaryl/α,β-unsaturated/α-hetero) is 1. The van der Waals surface area contributed by atoms with E-state index in [0.29, 0.717) is 0 Å². The Hall–Kier alpha value is -1.45. The van der Waals surface area contributed by atoms with Crippen LogP contribution in [0.25, 0.3) is 0 Å². The third-order valence-corrected chi connectivity index (χ3v) is 2.33. The summed E-state index contributed by atoms with van der Waals surface area (Å²) < 4.78 is 13.6. The zero-order valence-corrected chi connectivity index (χ0v) is 7.66. The van der Waals surface area contributed by atoms with E-state index in [0.717, 1.165) is 19.5 Å². The molecule has 0 spiro atoms. The van der Waals surface area contributed by atoms with Crippen LogP contribution in [0.4, 0.5) is 10.2 Å². The van der Waals surface area contributed by atoms with Gasteiger partial charge in [0, 0.05) is 26.2 Å². The first kappa shape index (κ1) is 9.12. The van der Waals surface area contributed by atoms with Gasteiger partial charge < -0.3 is 4.90 Å². The summed E-state index contributed by atoms with van der Waals surface area (Å²) in [5.41, 5.74) is 0.0156. The molecule has 0 atom stereocenters. The first-order chi connectivity index (χ1) is 6.70. The molecule has 1 fully saturated rings. The lowest BCUT2D eigenvalue weighted by Gasteiger charge is -2.32. The molecule has 2 rings (SSSR count). The lowest BCUT2D eigenvalue weighted by atomic mass is 10.1. The number of nitrogens with zero attached hydrogens (tertiary/aromatic N) is 2. The predicted octanol–water partition coefficient (Wildman–Crippen LogP) is 1.45. The second-order valence-corrected chi connectivity index (χ2v) is 3.26. The summed E-state index contributed by atoms with van der Waals surface area (Å²) in [7, 11) is 0. The molecule has 73 valence electrons. The van der Waals surface area contributed by atoms with Crippen LogP contribution in [-0.2, 0) is 0 Å². The minimum Gasteiger partial charge on any atom is -0.354 e. The smallest absolute Gasteiger partial charge is 0.176 e. The van der Waals surface area contributed by atoms with Gasteiger partial charge in [0.1, 0.15) is 0 Å². The average molecular weight is 193 g/mol. The van der Waals surface area contributed by atoms with E-state index in [-0.39, 0.29) is 11.4 Å². The molecule has 1 saturated heterocycles. The van der Waals surface area contributed by atoms with Gasteiger partial charge >= 0.3 is 0 Å². The van der Waals surface area contributed by atoms with Crippen molar-refractivity contribution in [3.05, 3.63) is 30.6 Å². The molecule has 4 heteroatoms. The van der Waals surface area contributed by atoms with Crippen LogP contribution in [0.2, 0.25) is 0 Å². The molecule has 1 aromatic rings. The Kier molecular flexibility index (Phi) is 2.19. The molecule has 1 aromatic heterocycles. The molecule has 1 radical (unpaired) electrons. The van der Waals surface area contributed by atoms with Crippen molar-refractivity contribution in [2.24, 2.45) is 0 Å². The standard InChI is InChI=1S/C10H10FN2O/c1-7(14)8-3-4-12-10(9(8)11)13-5-2-6-13/h3-4H,1-2,5-6H2. The topological polar surface area (TPSA) is 33.2 Å². The van der Waals surface area contributed by atoms with Gasteiger partial charge in [-0.25, -0.2) is 9.37 Å².